The summed E-state index contributed by atoms with van der Waals surface area (Å²) in [6.45, 7) is 2.27. The molecule has 2 N–H and O–H groups in total. The number of carbonyl (C=O) groups is 1. The van der Waals surface area contributed by atoms with Gasteiger partial charge in [0.15, 0.2) is 17.8 Å². The summed E-state index contributed by atoms with van der Waals surface area (Å²) in [5, 5.41) is 24.2. The number of rotatable bonds is 6. The second-order valence-electron chi connectivity index (χ2n) is 5.70. The molecule has 5 heteroatoms. The Morgan fingerprint density at radius 3 is 2.48 bits per heavy atom. The summed E-state index contributed by atoms with van der Waals surface area (Å²) in [7, 11) is 0. The zero-order chi connectivity index (χ0) is 17.8. The maximum atomic E-state index is 11.5. The Morgan fingerprint density at radius 2 is 1.84 bits per heavy atom. The molecule has 3 rings (SSSR count). The van der Waals surface area contributed by atoms with Crippen LogP contribution < -0.4 is 0 Å². The van der Waals surface area contributed by atoms with E-state index in [1.54, 1.807) is 6.92 Å². The normalized spacial score (nSPS) is 10.8. The van der Waals surface area contributed by atoms with E-state index in [0.717, 1.165) is 16.7 Å². The van der Waals surface area contributed by atoms with Crippen LogP contribution in [0.5, 0.6) is 11.5 Å². The molecule has 2 aromatic carbocycles. The topological polar surface area (TPSA) is 66.8 Å². The SMILES string of the molecule is Cc1c(O)c(O)c(C=O)c(COCc2ccccc2)c1-c1ccsc1. The summed E-state index contributed by atoms with van der Waals surface area (Å²) in [6.07, 6.45) is 0.561. The zero-order valence-electron chi connectivity index (χ0n) is 13.7. The van der Waals surface area contributed by atoms with Crippen molar-refractivity contribution >= 4 is 17.6 Å². The van der Waals surface area contributed by atoms with E-state index in [1.165, 1.54) is 11.3 Å². The Hall–Kier alpha value is -2.63. The van der Waals surface area contributed by atoms with Crippen molar-refractivity contribution in [1.82, 2.24) is 0 Å². The molecule has 128 valence electrons. The average molecular weight is 354 g/mol. The number of ether oxygens (including phenoxy) is 1. The second kappa shape index (κ2) is 7.51. The van der Waals surface area contributed by atoms with Crippen molar-refractivity contribution in [3.63, 3.8) is 0 Å². The molecular formula is C20H18O4S. The van der Waals surface area contributed by atoms with Crippen molar-refractivity contribution in [2.24, 2.45) is 0 Å². The van der Waals surface area contributed by atoms with E-state index >= 15 is 0 Å². The predicted molar refractivity (Wildman–Crippen MR) is 98.1 cm³/mol. The quantitative estimate of drug-likeness (QED) is 0.499. The van der Waals surface area contributed by atoms with Gasteiger partial charge in [-0.05, 0) is 40.4 Å². The van der Waals surface area contributed by atoms with Crippen LogP contribution in [0.1, 0.15) is 27.0 Å². The van der Waals surface area contributed by atoms with E-state index in [-0.39, 0.29) is 17.9 Å². The number of aromatic hydroxyl groups is 2. The van der Waals surface area contributed by atoms with Crippen LogP contribution in [-0.4, -0.2) is 16.5 Å². The molecule has 0 atom stereocenters. The molecule has 4 nitrogen and oxygen atoms in total. The van der Waals surface area contributed by atoms with Crippen LogP contribution in [0, 0.1) is 6.92 Å². The summed E-state index contributed by atoms with van der Waals surface area (Å²) >= 11 is 1.52. The molecule has 0 radical (unpaired) electrons. The molecular weight excluding hydrogens is 336 g/mol. The van der Waals surface area contributed by atoms with E-state index in [9.17, 15) is 15.0 Å². The standard InChI is InChI=1S/C20H18O4S/c1-13-18(15-7-8-25-12-15)17(16(9-21)20(23)19(13)22)11-24-10-14-5-3-2-4-6-14/h2-9,12,22-23H,10-11H2,1H3. The van der Waals surface area contributed by atoms with Gasteiger partial charge in [0.25, 0.3) is 0 Å². The fourth-order valence-corrected chi connectivity index (χ4v) is 3.49. The maximum Gasteiger partial charge on any atom is 0.168 e. The third-order valence-corrected chi connectivity index (χ3v) is 4.81. The highest BCUT2D eigenvalue weighted by Gasteiger charge is 2.22. The first-order valence-electron chi connectivity index (χ1n) is 7.80. The van der Waals surface area contributed by atoms with Crippen molar-refractivity contribution in [3.8, 4) is 22.6 Å². The van der Waals surface area contributed by atoms with Gasteiger partial charge in [-0.3, -0.25) is 4.79 Å². The lowest BCUT2D eigenvalue weighted by atomic mass is 9.92. The lowest BCUT2D eigenvalue weighted by Gasteiger charge is -2.18. The molecule has 3 aromatic rings. The van der Waals surface area contributed by atoms with E-state index in [2.05, 4.69) is 0 Å². The Balaban J connectivity index is 1.99. The minimum Gasteiger partial charge on any atom is -0.504 e. The van der Waals surface area contributed by atoms with Gasteiger partial charge in [-0.2, -0.15) is 11.3 Å². The van der Waals surface area contributed by atoms with Gasteiger partial charge >= 0.3 is 0 Å². The first-order chi connectivity index (χ1) is 12.1. The molecule has 1 heterocycles. The van der Waals surface area contributed by atoms with Crippen LogP contribution in [0.4, 0.5) is 0 Å². The number of phenolic OH excluding ortho intramolecular Hbond substituents is 2. The van der Waals surface area contributed by atoms with Crippen molar-refractivity contribution in [2.45, 2.75) is 20.1 Å². The van der Waals surface area contributed by atoms with Crippen LogP contribution in [0.25, 0.3) is 11.1 Å². The number of aldehydes is 1. The number of hydrogen-bond acceptors (Lipinski definition) is 5. The molecule has 0 aliphatic rings. The minimum absolute atomic E-state index is 0.0670. The van der Waals surface area contributed by atoms with Gasteiger partial charge in [0, 0.05) is 11.1 Å². The molecule has 0 unspecified atom stereocenters. The van der Waals surface area contributed by atoms with E-state index in [0.29, 0.717) is 24.0 Å². The van der Waals surface area contributed by atoms with Gasteiger partial charge in [-0.1, -0.05) is 30.3 Å². The van der Waals surface area contributed by atoms with Crippen LogP contribution in [0.2, 0.25) is 0 Å². The molecule has 0 saturated carbocycles. The molecule has 1 aromatic heterocycles. The Kier molecular flexibility index (Phi) is 5.16. The predicted octanol–water partition coefficient (Wildman–Crippen LogP) is 4.66. The monoisotopic (exact) mass is 354 g/mol. The molecule has 0 fully saturated rings. The molecule has 0 aliphatic carbocycles. The van der Waals surface area contributed by atoms with Crippen LogP contribution >= 0.6 is 11.3 Å². The molecule has 0 saturated heterocycles. The van der Waals surface area contributed by atoms with E-state index in [1.807, 2.05) is 47.2 Å². The molecule has 0 bridgehead atoms. The summed E-state index contributed by atoms with van der Waals surface area (Å²) < 4.78 is 5.79. The Bertz CT molecular complexity index is 871. The van der Waals surface area contributed by atoms with E-state index in [4.69, 9.17) is 4.74 Å². The van der Waals surface area contributed by atoms with Gasteiger partial charge < -0.3 is 14.9 Å². The van der Waals surface area contributed by atoms with Gasteiger partial charge in [0.1, 0.15) is 0 Å². The first kappa shape index (κ1) is 17.2. The lowest BCUT2D eigenvalue weighted by Crippen LogP contribution is -2.03. The molecule has 0 aliphatic heterocycles. The smallest absolute Gasteiger partial charge is 0.168 e. The van der Waals surface area contributed by atoms with Crippen molar-refractivity contribution < 1.29 is 19.7 Å². The summed E-state index contributed by atoms with van der Waals surface area (Å²) in [5.41, 5.74) is 3.81. The Labute approximate surface area is 150 Å². The minimum atomic E-state index is -0.398. The van der Waals surface area contributed by atoms with Crippen LogP contribution in [0.15, 0.2) is 47.2 Å². The summed E-state index contributed by atoms with van der Waals surface area (Å²) in [5.74, 6) is -0.667. The van der Waals surface area contributed by atoms with Gasteiger partial charge in [-0.25, -0.2) is 0 Å². The van der Waals surface area contributed by atoms with Gasteiger partial charge in [0.05, 0.1) is 18.8 Å². The average Bonchev–Trinajstić information content (AvgIpc) is 3.15. The van der Waals surface area contributed by atoms with Gasteiger partial charge in [-0.15, -0.1) is 0 Å². The summed E-state index contributed by atoms with van der Waals surface area (Å²) in [6, 6.07) is 11.6. The number of carbonyl (C=O) groups excluding carboxylic acids is 1. The Morgan fingerprint density at radius 1 is 1.08 bits per heavy atom. The van der Waals surface area contributed by atoms with Crippen molar-refractivity contribution in [1.29, 1.82) is 0 Å². The van der Waals surface area contributed by atoms with Crippen molar-refractivity contribution in [3.05, 3.63) is 69.4 Å². The maximum absolute atomic E-state index is 11.5. The largest absolute Gasteiger partial charge is 0.504 e. The molecule has 0 spiro atoms. The third-order valence-electron chi connectivity index (χ3n) is 4.12. The third kappa shape index (κ3) is 3.43. The van der Waals surface area contributed by atoms with Gasteiger partial charge in [0.2, 0.25) is 0 Å². The molecule has 25 heavy (non-hydrogen) atoms. The number of thiophene rings is 1. The first-order valence-corrected chi connectivity index (χ1v) is 8.74. The highest BCUT2D eigenvalue weighted by molar-refractivity contribution is 7.08. The number of phenols is 2. The highest BCUT2D eigenvalue weighted by Crippen LogP contribution is 2.43. The zero-order valence-corrected chi connectivity index (χ0v) is 14.5. The number of hydrogen-bond donors (Lipinski definition) is 2. The van der Waals surface area contributed by atoms with E-state index < -0.39 is 5.75 Å². The second-order valence-corrected chi connectivity index (χ2v) is 6.48. The number of benzene rings is 2. The van der Waals surface area contributed by atoms with Crippen LogP contribution in [-0.2, 0) is 18.0 Å². The molecule has 0 amide bonds. The van der Waals surface area contributed by atoms with Crippen LogP contribution in [0.3, 0.4) is 0 Å². The highest BCUT2D eigenvalue weighted by atomic mass is 32.1. The van der Waals surface area contributed by atoms with Crippen molar-refractivity contribution in [2.75, 3.05) is 0 Å². The fourth-order valence-electron chi connectivity index (χ4n) is 2.85. The fraction of sp³-hybridized carbons (Fsp3) is 0.150. The summed E-state index contributed by atoms with van der Waals surface area (Å²) in [4.78, 5) is 11.5. The lowest BCUT2D eigenvalue weighted by molar-refractivity contribution is 0.103.